The number of benzene rings is 2. The van der Waals surface area contributed by atoms with Gasteiger partial charge in [0.2, 0.25) is 5.91 Å². The number of nitrogens with zero attached hydrogens (tertiary/aromatic N) is 1. The topological polar surface area (TPSA) is 99.3 Å². The lowest BCUT2D eigenvalue weighted by molar-refractivity contribution is -0.130. The van der Waals surface area contributed by atoms with Crippen LogP contribution in [0.2, 0.25) is 0 Å². The maximum Gasteiger partial charge on any atom is 0.251 e. The molecule has 2 aromatic rings. The minimum atomic E-state index is -0.655. The van der Waals surface area contributed by atoms with Gasteiger partial charge in [0.15, 0.2) is 0 Å². The Kier molecular flexibility index (Phi) is 5.89. The molecular weight excluding hydrogens is 316 g/mol. The number of hydrogen-bond acceptors (Lipinski definition) is 3. The van der Waals surface area contributed by atoms with E-state index < -0.39 is 6.04 Å². The van der Waals surface area contributed by atoms with Gasteiger partial charge in [0.05, 0.1) is 0 Å². The Morgan fingerprint density at radius 1 is 1.04 bits per heavy atom. The van der Waals surface area contributed by atoms with Gasteiger partial charge in [-0.2, -0.15) is 0 Å². The van der Waals surface area contributed by atoms with Crippen molar-refractivity contribution in [3.8, 4) is 0 Å². The van der Waals surface area contributed by atoms with E-state index in [-0.39, 0.29) is 17.6 Å². The zero-order valence-corrected chi connectivity index (χ0v) is 14.3. The Balaban J connectivity index is 2.16. The molecule has 1 atom stereocenters. The first kappa shape index (κ1) is 18.2. The zero-order chi connectivity index (χ0) is 18.4. The minimum absolute atomic E-state index is 0.0586. The molecule has 0 radical (unpaired) electrons. The van der Waals surface area contributed by atoms with Gasteiger partial charge in [-0.25, -0.2) is 0 Å². The van der Waals surface area contributed by atoms with E-state index in [0.29, 0.717) is 17.5 Å². The highest BCUT2D eigenvalue weighted by atomic mass is 16.2. The smallest absolute Gasteiger partial charge is 0.251 e. The van der Waals surface area contributed by atoms with Gasteiger partial charge in [-0.3, -0.25) is 15.0 Å². The Bertz CT molecular complexity index is 755. The second-order valence-electron chi connectivity index (χ2n) is 5.94. The van der Waals surface area contributed by atoms with Crippen molar-refractivity contribution in [1.29, 1.82) is 5.41 Å². The van der Waals surface area contributed by atoms with E-state index in [9.17, 15) is 9.59 Å². The third kappa shape index (κ3) is 4.91. The fourth-order valence-corrected chi connectivity index (χ4v) is 2.40. The summed E-state index contributed by atoms with van der Waals surface area (Å²) < 4.78 is 0. The molecule has 25 heavy (non-hydrogen) atoms. The molecule has 0 spiro atoms. The monoisotopic (exact) mass is 338 g/mol. The van der Waals surface area contributed by atoms with Crippen LogP contribution in [0.25, 0.3) is 0 Å². The van der Waals surface area contributed by atoms with E-state index in [1.165, 1.54) is 4.90 Å². The molecule has 0 saturated heterocycles. The van der Waals surface area contributed by atoms with Crippen molar-refractivity contribution in [2.45, 2.75) is 12.5 Å². The van der Waals surface area contributed by atoms with Crippen LogP contribution in [0.15, 0.2) is 54.6 Å². The molecular formula is C19H22N4O2. The molecule has 2 amide bonds. The van der Waals surface area contributed by atoms with Crippen molar-refractivity contribution in [3.63, 3.8) is 0 Å². The van der Waals surface area contributed by atoms with Crippen molar-refractivity contribution in [2.75, 3.05) is 14.1 Å². The lowest BCUT2D eigenvalue weighted by Gasteiger charge is -2.22. The number of hydrogen-bond donors (Lipinski definition) is 3. The van der Waals surface area contributed by atoms with Crippen LogP contribution in [0, 0.1) is 5.41 Å². The van der Waals surface area contributed by atoms with Gasteiger partial charge in [0.1, 0.15) is 11.9 Å². The number of carbonyl (C=O) groups is 2. The largest absolute Gasteiger partial charge is 0.384 e. The molecule has 6 heteroatoms. The third-order valence-electron chi connectivity index (χ3n) is 3.78. The fraction of sp³-hybridized carbons (Fsp3) is 0.211. The molecule has 0 aliphatic rings. The molecule has 4 N–H and O–H groups in total. The molecule has 6 nitrogen and oxygen atoms in total. The first-order valence-corrected chi connectivity index (χ1v) is 7.89. The van der Waals surface area contributed by atoms with Crippen LogP contribution in [0.4, 0.5) is 0 Å². The number of carbonyl (C=O) groups excluding carboxylic acids is 2. The summed E-state index contributed by atoms with van der Waals surface area (Å²) in [7, 11) is 3.32. The first-order valence-electron chi connectivity index (χ1n) is 7.89. The number of amides is 2. The van der Waals surface area contributed by atoms with Gasteiger partial charge in [0, 0.05) is 31.6 Å². The standard InChI is InChI=1S/C19H22N4O2/c1-23(2)19(25)16(12-13-6-4-3-5-7-13)22-18(24)15-10-8-14(9-11-15)17(20)21/h3-11,16H,12H2,1-2H3,(H3,20,21)(H,22,24)/t16-/m0/s1. The average Bonchev–Trinajstić information content (AvgIpc) is 2.61. The molecule has 130 valence electrons. The number of nitrogens with two attached hydrogens (primary N) is 1. The summed E-state index contributed by atoms with van der Waals surface area (Å²) in [6.45, 7) is 0. The Hall–Kier alpha value is -3.15. The maximum absolute atomic E-state index is 12.5. The number of nitrogen functional groups attached to an aromatic ring is 1. The molecule has 2 rings (SSSR count). The number of likely N-dealkylation sites (N-methyl/N-ethyl adjacent to an activating group) is 1. The predicted octanol–water partition coefficient (Wildman–Crippen LogP) is 1.40. The summed E-state index contributed by atoms with van der Waals surface area (Å²) in [5, 5.41) is 10.2. The van der Waals surface area contributed by atoms with Gasteiger partial charge in [-0.1, -0.05) is 42.5 Å². The van der Waals surface area contributed by atoms with Crippen LogP contribution in [-0.2, 0) is 11.2 Å². The van der Waals surface area contributed by atoms with Gasteiger partial charge in [0.25, 0.3) is 5.91 Å². The first-order chi connectivity index (χ1) is 11.9. The quantitative estimate of drug-likeness (QED) is 0.548. The fourth-order valence-electron chi connectivity index (χ4n) is 2.40. The normalized spacial score (nSPS) is 11.4. The highest BCUT2D eigenvalue weighted by molar-refractivity contribution is 5.99. The number of nitrogens with one attached hydrogen (secondary N) is 2. The molecule has 0 fully saturated rings. The summed E-state index contributed by atoms with van der Waals surface area (Å²) in [6.07, 6.45) is 0.412. The maximum atomic E-state index is 12.5. The summed E-state index contributed by atoms with van der Waals surface area (Å²) in [4.78, 5) is 26.4. The van der Waals surface area contributed by atoms with Crippen molar-refractivity contribution < 1.29 is 9.59 Å². The summed E-state index contributed by atoms with van der Waals surface area (Å²) in [5.74, 6) is -0.569. The molecule has 0 saturated carbocycles. The van der Waals surface area contributed by atoms with E-state index in [0.717, 1.165) is 5.56 Å². The van der Waals surface area contributed by atoms with E-state index >= 15 is 0 Å². The second kappa shape index (κ2) is 8.10. The predicted molar refractivity (Wildman–Crippen MR) is 97.6 cm³/mol. The van der Waals surface area contributed by atoms with Crippen molar-refractivity contribution in [2.24, 2.45) is 5.73 Å². The summed E-state index contributed by atoms with van der Waals surface area (Å²) >= 11 is 0. The van der Waals surface area contributed by atoms with E-state index in [1.54, 1.807) is 38.4 Å². The van der Waals surface area contributed by atoms with Gasteiger partial charge in [-0.05, 0) is 17.7 Å². The SMILES string of the molecule is CN(C)C(=O)[C@H](Cc1ccccc1)NC(=O)c1ccc(C(=N)N)cc1. The van der Waals surface area contributed by atoms with Crippen LogP contribution < -0.4 is 11.1 Å². The number of rotatable bonds is 6. The highest BCUT2D eigenvalue weighted by Crippen LogP contribution is 2.08. The number of amidine groups is 1. The lowest BCUT2D eigenvalue weighted by Crippen LogP contribution is -2.47. The summed E-state index contributed by atoms with van der Waals surface area (Å²) in [5.41, 5.74) is 7.33. The van der Waals surface area contributed by atoms with Crippen LogP contribution in [0.5, 0.6) is 0 Å². The molecule has 0 aromatic heterocycles. The van der Waals surface area contributed by atoms with Gasteiger partial charge < -0.3 is 16.0 Å². The van der Waals surface area contributed by atoms with Crippen molar-refractivity contribution in [3.05, 3.63) is 71.3 Å². The van der Waals surface area contributed by atoms with Gasteiger partial charge in [-0.15, -0.1) is 0 Å². The van der Waals surface area contributed by atoms with Crippen LogP contribution in [0.1, 0.15) is 21.5 Å². The Morgan fingerprint density at radius 2 is 1.60 bits per heavy atom. The summed E-state index contributed by atoms with van der Waals surface area (Å²) in [6, 6.07) is 15.3. The second-order valence-corrected chi connectivity index (χ2v) is 5.94. The van der Waals surface area contributed by atoms with E-state index in [2.05, 4.69) is 5.32 Å². The third-order valence-corrected chi connectivity index (χ3v) is 3.78. The lowest BCUT2D eigenvalue weighted by atomic mass is 10.0. The molecule has 0 heterocycles. The van der Waals surface area contributed by atoms with E-state index in [1.807, 2.05) is 30.3 Å². The Labute approximate surface area is 147 Å². The van der Waals surface area contributed by atoms with Crippen LogP contribution >= 0.6 is 0 Å². The average molecular weight is 338 g/mol. The minimum Gasteiger partial charge on any atom is -0.384 e. The molecule has 0 aliphatic carbocycles. The molecule has 0 bridgehead atoms. The van der Waals surface area contributed by atoms with E-state index in [4.69, 9.17) is 11.1 Å². The van der Waals surface area contributed by atoms with Crippen LogP contribution in [0.3, 0.4) is 0 Å². The zero-order valence-electron chi connectivity index (χ0n) is 14.3. The molecule has 0 aliphatic heterocycles. The van der Waals surface area contributed by atoms with Crippen LogP contribution in [-0.4, -0.2) is 42.7 Å². The molecule has 0 unspecified atom stereocenters. The van der Waals surface area contributed by atoms with Gasteiger partial charge >= 0.3 is 0 Å². The molecule has 2 aromatic carbocycles. The highest BCUT2D eigenvalue weighted by Gasteiger charge is 2.23. The van der Waals surface area contributed by atoms with Crippen molar-refractivity contribution in [1.82, 2.24) is 10.2 Å². The van der Waals surface area contributed by atoms with Crippen molar-refractivity contribution >= 4 is 17.6 Å². The Morgan fingerprint density at radius 3 is 2.12 bits per heavy atom.